The number of thiocarbonyl (C=S) groups is 1. The fourth-order valence-electron chi connectivity index (χ4n) is 2.24. The molecule has 1 atom stereocenters. The smallest absolute Gasteiger partial charge is 0.0740 e. The van der Waals surface area contributed by atoms with E-state index in [9.17, 15) is 0 Å². The number of hydrogen-bond acceptors (Lipinski definition) is 4. The maximum atomic E-state index is 5.63. The molecule has 1 heterocycles. The Morgan fingerprint density at radius 2 is 2.28 bits per heavy atom. The topological polar surface area (TPSA) is 47.7 Å². The largest absolute Gasteiger partial charge is 0.393 e. The van der Waals surface area contributed by atoms with Crippen LogP contribution in [0.25, 0.3) is 0 Å². The van der Waals surface area contributed by atoms with Crippen LogP contribution in [-0.4, -0.2) is 56.0 Å². The van der Waals surface area contributed by atoms with Gasteiger partial charge in [-0.2, -0.15) is 0 Å². The Kier molecular flexibility index (Phi) is 8.50. The summed E-state index contributed by atoms with van der Waals surface area (Å²) in [6.45, 7) is 4.66. The zero-order chi connectivity index (χ0) is 13.2. The number of nitrogens with two attached hydrogens (primary N) is 1. The van der Waals surface area contributed by atoms with Crippen LogP contribution < -0.4 is 5.73 Å². The van der Waals surface area contributed by atoms with Gasteiger partial charge in [-0.1, -0.05) is 12.2 Å². The van der Waals surface area contributed by atoms with Gasteiger partial charge in [0.1, 0.15) is 0 Å². The van der Waals surface area contributed by atoms with Crippen LogP contribution in [-0.2, 0) is 9.47 Å². The molecule has 1 rings (SSSR count). The average molecular weight is 274 g/mol. The van der Waals surface area contributed by atoms with Crippen molar-refractivity contribution in [2.75, 3.05) is 40.0 Å². The lowest BCUT2D eigenvalue weighted by molar-refractivity contribution is 0.0960. The zero-order valence-electron chi connectivity index (χ0n) is 11.4. The Hall–Kier alpha value is -0.230. The molecule has 0 aliphatic carbocycles. The van der Waals surface area contributed by atoms with Crippen LogP contribution in [0.4, 0.5) is 0 Å². The van der Waals surface area contributed by atoms with E-state index in [1.54, 1.807) is 7.11 Å². The number of methoxy groups -OCH3 is 1. The Labute approximate surface area is 116 Å². The second-order valence-corrected chi connectivity index (χ2v) is 5.35. The molecule has 18 heavy (non-hydrogen) atoms. The van der Waals surface area contributed by atoms with Crippen LogP contribution in [0.5, 0.6) is 0 Å². The molecule has 0 amide bonds. The van der Waals surface area contributed by atoms with Gasteiger partial charge in [0.15, 0.2) is 0 Å². The summed E-state index contributed by atoms with van der Waals surface area (Å²) in [6, 6.07) is 0. The minimum atomic E-state index is 0.491. The Balaban J connectivity index is 2.14. The summed E-state index contributed by atoms with van der Waals surface area (Å²) >= 11 is 4.93. The third-order valence-corrected chi connectivity index (χ3v) is 3.51. The molecule has 1 aliphatic heterocycles. The highest BCUT2D eigenvalue weighted by Crippen LogP contribution is 2.16. The first-order chi connectivity index (χ1) is 8.72. The summed E-state index contributed by atoms with van der Waals surface area (Å²) in [5, 5.41) is 0. The Morgan fingerprint density at radius 1 is 1.44 bits per heavy atom. The van der Waals surface area contributed by atoms with Crippen molar-refractivity contribution in [1.29, 1.82) is 0 Å². The van der Waals surface area contributed by atoms with Gasteiger partial charge in [-0.05, 0) is 32.2 Å². The van der Waals surface area contributed by atoms with E-state index in [0.29, 0.717) is 11.1 Å². The van der Waals surface area contributed by atoms with Crippen molar-refractivity contribution in [1.82, 2.24) is 4.90 Å². The van der Waals surface area contributed by atoms with Crippen molar-refractivity contribution in [3.05, 3.63) is 0 Å². The van der Waals surface area contributed by atoms with E-state index in [2.05, 4.69) is 4.90 Å². The first-order valence-corrected chi connectivity index (χ1v) is 7.24. The molecule has 1 fully saturated rings. The third-order valence-electron chi connectivity index (χ3n) is 3.31. The van der Waals surface area contributed by atoms with Crippen LogP contribution in [0, 0.1) is 0 Å². The van der Waals surface area contributed by atoms with Crippen LogP contribution in [0.1, 0.15) is 32.1 Å². The number of hydrogen-bond donors (Lipinski definition) is 1. The molecule has 0 aromatic rings. The lowest BCUT2D eigenvalue weighted by Gasteiger charge is -2.22. The zero-order valence-corrected chi connectivity index (χ0v) is 12.2. The van der Waals surface area contributed by atoms with E-state index in [1.165, 1.54) is 19.3 Å². The van der Waals surface area contributed by atoms with Crippen molar-refractivity contribution in [3.8, 4) is 0 Å². The highest BCUT2D eigenvalue weighted by Gasteiger charge is 2.15. The van der Waals surface area contributed by atoms with Gasteiger partial charge in [0, 0.05) is 33.2 Å². The van der Waals surface area contributed by atoms with Crippen molar-refractivity contribution in [2.24, 2.45) is 5.73 Å². The van der Waals surface area contributed by atoms with Gasteiger partial charge in [0.25, 0.3) is 0 Å². The summed E-state index contributed by atoms with van der Waals surface area (Å²) in [6.07, 6.45) is 6.07. The number of rotatable bonds is 10. The summed E-state index contributed by atoms with van der Waals surface area (Å²) < 4.78 is 10.8. The SMILES string of the molecule is COCCN(CCCC1CCCO1)CCC(N)=S. The van der Waals surface area contributed by atoms with Crippen molar-refractivity contribution < 1.29 is 9.47 Å². The van der Waals surface area contributed by atoms with Crippen molar-refractivity contribution in [2.45, 2.75) is 38.2 Å². The summed E-state index contributed by atoms with van der Waals surface area (Å²) in [5.41, 5.74) is 5.55. The lowest BCUT2D eigenvalue weighted by Crippen LogP contribution is -2.32. The fourth-order valence-corrected chi connectivity index (χ4v) is 2.33. The molecule has 0 spiro atoms. The predicted octanol–water partition coefficient (Wildman–Crippen LogP) is 1.57. The summed E-state index contributed by atoms with van der Waals surface area (Å²) in [5.74, 6) is 0. The Morgan fingerprint density at radius 3 is 2.89 bits per heavy atom. The van der Waals surface area contributed by atoms with E-state index in [4.69, 9.17) is 27.4 Å². The first-order valence-electron chi connectivity index (χ1n) is 6.83. The average Bonchev–Trinajstić information content (AvgIpc) is 2.84. The fraction of sp³-hybridized carbons (Fsp3) is 0.923. The van der Waals surface area contributed by atoms with E-state index in [-0.39, 0.29) is 0 Å². The second-order valence-electron chi connectivity index (χ2n) is 4.83. The quantitative estimate of drug-likeness (QED) is 0.613. The normalized spacial score (nSPS) is 19.6. The molecule has 2 N–H and O–H groups in total. The van der Waals surface area contributed by atoms with Gasteiger partial charge in [-0.25, -0.2) is 0 Å². The first kappa shape index (κ1) is 15.8. The molecule has 0 radical (unpaired) electrons. The maximum Gasteiger partial charge on any atom is 0.0740 e. The molecule has 5 heteroatoms. The monoisotopic (exact) mass is 274 g/mol. The van der Waals surface area contributed by atoms with Gasteiger partial charge in [-0.15, -0.1) is 0 Å². The van der Waals surface area contributed by atoms with E-state index >= 15 is 0 Å². The number of ether oxygens (including phenoxy) is 2. The summed E-state index contributed by atoms with van der Waals surface area (Å²) in [7, 11) is 1.73. The van der Waals surface area contributed by atoms with Gasteiger partial charge >= 0.3 is 0 Å². The highest BCUT2D eigenvalue weighted by atomic mass is 32.1. The standard InChI is InChI=1S/C13H26N2O2S/c1-16-11-9-15(8-6-13(14)18)7-2-4-12-5-3-10-17-12/h12H,2-11H2,1H3,(H2,14,18). The van der Waals surface area contributed by atoms with Gasteiger partial charge in [0.05, 0.1) is 17.7 Å². The molecule has 0 aromatic carbocycles. The van der Waals surface area contributed by atoms with Crippen molar-refractivity contribution in [3.63, 3.8) is 0 Å². The molecule has 1 aliphatic rings. The second kappa shape index (κ2) is 9.67. The molecular weight excluding hydrogens is 248 g/mol. The highest BCUT2D eigenvalue weighted by molar-refractivity contribution is 7.80. The summed E-state index contributed by atoms with van der Waals surface area (Å²) in [4.78, 5) is 2.97. The lowest BCUT2D eigenvalue weighted by atomic mass is 10.1. The van der Waals surface area contributed by atoms with Crippen molar-refractivity contribution >= 4 is 17.2 Å². The van der Waals surface area contributed by atoms with Gasteiger partial charge < -0.3 is 20.1 Å². The molecule has 0 bridgehead atoms. The molecular formula is C13H26N2O2S. The van der Waals surface area contributed by atoms with Crippen LogP contribution in [0.2, 0.25) is 0 Å². The van der Waals surface area contributed by atoms with E-state index in [0.717, 1.165) is 45.7 Å². The Bertz CT molecular complexity index is 233. The number of nitrogens with zero attached hydrogens (tertiary/aromatic N) is 1. The molecule has 1 unspecified atom stereocenters. The van der Waals surface area contributed by atoms with Crippen LogP contribution >= 0.6 is 12.2 Å². The molecule has 0 saturated carbocycles. The molecule has 4 nitrogen and oxygen atoms in total. The van der Waals surface area contributed by atoms with Crippen LogP contribution in [0.15, 0.2) is 0 Å². The molecule has 1 saturated heterocycles. The predicted molar refractivity (Wildman–Crippen MR) is 77.9 cm³/mol. The van der Waals surface area contributed by atoms with E-state index < -0.39 is 0 Å². The minimum absolute atomic E-state index is 0.491. The van der Waals surface area contributed by atoms with Gasteiger partial charge in [0.2, 0.25) is 0 Å². The molecule has 106 valence electrons. The van der Waals surface area contributed by atoms with E-state index in [1.807, 2.05) is 0 Å². The third kappa shape index (κ3) is 7.26. The van der Waals surface area contributed by atoms with Crippen LogP contribution in [0.3, 0.4) is 0 Å². The molecule has 0 aromatic heterocycles. The minimum Gasteiger partial charge on any atom is -0.393 e. The maximum absolute atomic E-state index is 5.63. The van der Waals surface area contributed by atoms with Gasteiger partial charge in [-0.3, -0.25) is 0 Å².